The van der Waals surface area contributed by atoms with E-state index < -0.39 is 0 Å². The average molecular weight is 314 g/mol. The van der Waals surface area contributed by atoms with Crippen LogP contribution in [0.1, 0.15) is 16.7 Å². The largest absolute Gasteiger partial charge is 0.395 e. The van der Waals surface area contributed by atoms with Gasteiger partial charge in [0.2, 0.25) is 0 Å². The first-order valence-corrected chi connectivity index (χ1v) is 7.81. The molecule has 0 atom stereocenters. The molecule has 0 aromatic heterocycles. The SMILES string of the molecule is NC(=S)Cc1cccc(CN(CCO)Cc2ccccc2)c1. The molecule has 2 rings (SSSR count). The maximum absolute atomic E-state index is 9.29. The predicted octanol–water partition coefficient (Wildman–Crippen LogP) is 2.51. The van der Waals surface area contributed by atoms with Crippen LogP contribution in [0.5, 0.6) is 0 Å². The molecule has 0 heterocycles. The van der Waals surface area contributed by atoms with Crippen molar-refractivity contribution in [1.82, 2.24) is 4.90 Å². The van der Waals surface area contributed by atoms with E-state index in [0.717, 1.165) is 18.7 Å². The number of nitrogens with zero attached hydrogens (tertiary/aromatic N) is 1. The van der Waals surface area contributed by atoms with Crippen LogP contribution in [0.25, 0.3) is 0 Å². The summed E-state index contributed by atoms with van der Waals surface area (Å²) in [6.45, 7) is 2.41. The summed E-state index contributed by atoms with van der Waals surface area (Å²) in [5.41, 5.74) is 9.20. The highest BCUT2D eigenvalue weighted by atomic mass is 32.1. The molecule has 0 fully saturated rings. The van der Waals surface area contributed by atoms with Crippen molar-refractivity contribution in [2.75, 3.05) is 13.2 Å². The molecule has 0 amide bonds. The number of benzene rings is 2. The van der Waals surface area contributed by atoms with Crippen LogP contribution in [0.15, 0.2) is 54.6 Å². The summed E-state index contributed by atoms with van der Waals surface area (Å²) in [6.07, 6.45) is 0.627. The Balaban J connectivity index is 2.05. The van der Waals surface area contributed by atoms with Gasteiger partial charge < -0.3 is 10.8 Å². The van der Waals surface area contributed by atoms with Gasteiger partial charge in [-0.3, -0.25) is 4.90 Å². The molecule has 0 bridgehead atoms. The minimum Gasteiger partial charge on any atom is -0.395 e. The Hall–Kier alpha value is -1.75. The van der Waals surface area contributed by atoms with Gasteiger partial charge in [-0.25, -0.2) is 0 Å². The topological polar surface area (TPSA) is 49.5 Å². The highest BCUT2D eigenvalue weighted by Crippen LogP contribution is 2.12. The second kappa shape index (κ2) is 8.63. The smallest absolute Gasteiger partial charge is 0.0771 e. The Morgan fingerprint density at radius 3 is 2.27 bits per heavy atom. The summed E-state index contributed by atoms with van der Waals surface area (Å²) in [6, 6.07) is 18.6. The minimum absolute atomic E-state index is 0.152. The molecule has 0 aliphatic heterocycles. The zero-order valence-corrected chi connectivity index (χ0v) is 13.4. The van der Waals surface area contributed by atoms with E-state index in [-0.39, 0.29) is 6.61 Å². The molecular formula is C18H22N2OS. The molecule has 4 heteroatoms. The summed E-state index contributed by atoms with van der Waals surface area (Å²) in [4.78, 5) is 2.74. The molecule has 2 aromatic rings. The first kappa shape index (κ1) is 16.6. The Morgan fingerprint density at radius 2 is 1.59 bits per heavy atom. The van der Waals surface area contributed by atoms with E-state index in [9.17, 15) is 5.11 Å². The van der Waals surface area contributed by atoms with Crippen molar-refractivity contribution in [2.24, 2.45) is 5.73 Å². The molecule has 22 heavy (non-hydrogen) atoms. The van der Waals surface area contributed by atoms with Crippen LogP contribution in [0.2, 0.25) is 0 Å². The van der Waals surface area contributed by atoms with Gasteiger partial charge in [-0.05, 0) is 16.7 Å². The fourth-order valence-corrected chi connectivity index (χ4v) is 2.66. The van der Waals surface area contributed by atoms with E-state index in [1.807, 2.05) is 30.3 Å². The molecule has 0 saturated carbocycles. The van der Waals surface area contributed by atoms with Crippen molar-refractivity contribution in [3.8, 4) is 0 Å². The van der Waals surface area contributed by atoms with Gasteiger partial charge in [0.25, 0.3) is 0 Å². The molecule has 3 N–H and O–H groups in total. The highest BCUT2D eigenvalue weighted by molar-refractivity contribution is 7.80. The summed E-state index contributed by atoms with van der Waals surface area (Å²) in [5.74, 6) is 0. The second-order valence-electron chi connectivity index (χ2n) is 5.38. The number of nitrogens with two attached hydrogens (primary N) is 1. The second-order valence-corrected chi connectivity index (χ2v) is 5.91. The lowest BCUT2D eigenvalue weighted by Crippen LogP contribution is -2.26. The molecular weight excluding hydrogens is 292 g/mol. The molecule has 0 unspecified atom stereocenters. The van der Waals surface area contributed by atoms with Gasteiger partial charge in [-0.2, -0.15) is 0 Å². The zero-order valence-electron chi connectivity index (χ0n) is 12.6. The van der Waals surface area contributed by atoms with Gasteiger partial charge in [-0.1, -0.05) is 66.8 Å². The number of hydrogen-bond acceptors (Lipinski definition) is 3. The fourth-order valence-electron chi connectivity index (χ4n) is 2.49. The lowest BCUT2D eigenvalue weighted by molar-refractivity contribution is 0.184. The van der Waals surface area contributed by atoms with Crippen LogP contribution in [-0.2, 0) is 19.5 Å². The highest BCUT2D eigenvalue weighted by Gasteiger charge is 2.07. The number of thiocarbonyl (C=S) groups is 1. The Bertz CT molecular complexity index is 601. The Kier molecular flexibility index (Phi) is 6.52. The molecule has 0 aliphatic carbocycles. The average Bonchev–Trinajstić information content (AvgIpc) is 2.48. The molecule has 3 nitrogen and oxygen atoms in total. The maximum atomic E-state index is 9.29. The van der Waals surface area contributed by atoms with Crippen LogP contribution in [0.3, 0.4) is 0 Å². The van der Waals surface area contributed by atoms with E-state index >= 15 is 0 Å². The van der Waals surface area contributed by atoms with E-state index in [0.29, 0.717) is 18.0 Å². The maximum Gasteiger partial charge on any atom is 0.0771 e. The number of aliphatic hydroxyl groups excluding tert-OH is 1. The van der Waals surface area contributed by atoms with E-state index in [4.69, 9.17) is 18.0 Å². The van der Waals surface area contributed by atoms with Crippen LogP contribution >= 0.6 is 12.2 Å². The lowest BCUT2D eigenvalue weighted by atomic mass is 10.1. The molecule has 0 spiro atoms. The van der Waals surface area contributed by atoms with Crippen molar-refractivity contribution in [2.45, 2.75) is 19.5 Å². The van der Waals surface area contributed by atoms with Crippen LogP contribution < -0.4 is 5.73 Å². The molecule has 2 aromatic carbocycles. The van der Waals surface area contributed by atoms with Gasteiger partial charge >= 0.3 is 0 Å². The van der Waals surface area contributed by atoms with Crippen molar-refractivity contribution in [3.63, 3.8) is 0 Å². The number of hydrogen-bond donors (Lipinski definition) is 2. The van der Waals surface area contributed by atoms with Gasteiger partial charge in [0, 0.05) is 26.1 Å². The summed E-state index contributed by atoms with van der Waals surface area (Å²) < 4.78 is 0. The van der Waals surface area contributed by atoms with Crippen molar-refractivity contribution >= 4 is 17.2 Å². The number of rotatable bonds is 8. The normalized spacial score (nSPS) is 10.8. The van der Waals surface area contributed by atoms with Crippen LogP contribution in [-0.4, -0.2) is 28.1 Å². The van der Waals surface area contributed by atoms with Crippen molar-refractivity contribution < 1.29 is 5.11 Å². The first-order chi connectivity index (χ1) is 10.7. The number of aliphatic hydroxyl groups is 1. The quantitative estimate of drug-likeness (QED) is 0.735. The zero-order chi connectivity index (χ0) is 15.8. The monoisotopic (exact) mass is 314 g/mol. The van der Waals surface area contributed by atoms with Crippen molar-refractivity contribution in [3.05, 3.63) is 71.3 Å². The van der Waals surface area contributed by atoms with Gasteiger partial charge in [0.1, 0.15) is 0 Å². The van der Waals surface area contributed by atoms with Crippen LogP contribution in [0, 0.1) is 0 Å². The van der Waals surface area contributed by atoms with Crippen LogP contribution in [0.4, 0.5) is 0 Å². The van der Waals surface area contributed by atoms with E-state index in [2.05, 4.69) is 29.2 Å². The molecule has 0 radical (unpaired) electrons. The van der Waals surface area contributed by atoms with Crippen molar-refractivity contribution in [1.29, 1.82) is 0 Å². The summed E-state index contributed by atoms with van der Waals surface area (Å²) in [5, 5.41) is 9.29. The predicted molar refractivity (Wildman–Crippen MR) is 94.6 cm³/mol. The standard InChI is InChI=1S/C18H22N2OS/c19-18(22)12-16-7-4-8-17(11-16)14-20(9-10-21)13-15-5-2-1-3-6-15/h1-8,11,21H,9-10,12-14H2,(H2,19,22). The van der Waals surface area contributed by atoms with E-state index in [1.165, 1.54) is 11.1 Å². The third kappa shape index (κ3) is 5.56. The van der Waals surface area contributed by atoms with Gasteiger partial charge in [-0.15, -0.1) is 0 Å². The van der Waals surface area contributed by atoms with E-state index in [1.54, 1.807) is 0 Å². The van der Waals surface area contributed by atoms with Gasteiger partial charge in [0.05, 0.1) is 11.6 Å². The minimum atomic E-state index is 0.152. The molecule has 0 aliphatic rings. The Labute approximate surface area is 137 Å². The summed E-state index contributed by atoms with van der Waals surface area (Å²) >= 11 is 4.97. The molecule has 0 saturated heterocycles. The van der Waals surface area contributed by atoms with Gasteiger partial charge in [0.15, 0.2) is 0 Å². The Morgan fingerprint density at radius 1 is 0.955 bits per heavy atom. The third-order valence-corrected chi connectivity index (χ3v) is 3.59. The third-order valence-electron chi connectivity index (χ3n) is 3.44. The summed E-state index contributed by atoms with van der Waals surface area (Å²) in [7, 11) is 0. The molecule has 116 valence electrons. The fraction of sp³-hybridized carbons (Fsp3) is 0.278. The first-order valence-electron chi connectivity index (χ1n) is 7.40. The lowest BCUT2D eigenvalue weighted by Gasteiger charge is -2.22.